The number of carbonyl (C=O) groups excluding carboxylic acids is 1. The van der Waals surface area contributed by atoms with Crippen LogP contribution >= 0.6 is 0 Å². The van der Waals surface area contributed by atoms with Gasteiger partial charge in [0.1, 0.15) is 6.54 Å². The van der Waals surface area contributed by atoms with Crippen molar-refractivity contribution >= 4 is 23.4 Å². The maximum absolute atomic E-state index is 13.9. The van der Waals surface area contributed by atoms with Crippen molar-refractivity contribution < 1.29 is 9.18 Å². The highest BCUT2D eigenvalue weighted by molar-refractivity contribution is 5.94. The zero-order valence-corrected chi connectivity index (χ0v) is 15.9. The third-order valence-corrected chi connectivity index (χ3v) is 4.35. The number of hydrogen-bond donors (Lipinski definition) is 3. The topological polar surface area (TPSA) is 81.6 Å². The van der Waals surface area contributed by atoms with Crippen LogP contribution in [-0.2, 0) is 4.79 Å². The predicted molar refractivity (Wildman–Crippen MR) is 109 cm³/mol. The number of benzene rings is 1. The number of hydrogen-bond acceptors (Lipinski definition) is 4. The smallest absolute Gasteiger partial charge is 0.246 e. The molecule has 1 atom stereocenters. The Hall–Kier alpha value is -3.16. The molecule has 1 fully saturated rings. The lowest BCUT2D eigenvalue weighted by molar-refractivity contribution is -0.114. The first-order valence-electron chi connectivity index (χ1n) is 9.41. The Labute approximate surface area is 164 Å². The molecule has 1 aromatic heterocycles. The molecule has 2 heterocycles. The number of guanidine groups is 1. The fraction of sp³-hybridized carbons (Fsp3) is 0.350. The summed E-state index contributed by atoms with van der Waals surface area (Å²) in [6.07, 6.45) is 2.42. The van der Waals surface area contributed by atoms with Crippen molar-refractivity contribution in [2.24, 2.45) is 4.99 Å². The van der Waals surface area contributed by atoms with Crippen molar-refractivity contribution in [3.63, 3.8) is 0 Å². The number of nitrogens with zero attached hydrogens (tertiary/aromatic N) is 3. The second kappa shape index (κ2) is 9.68. The number of anilines is 2. The number of amides is 1. The van der Waals surface area contributed by atoms with E-state index >= 15 is 0 Å². The van der Waals surface area contributed by atoms with Crippen LogP contribution in [0.1, 0.15) is 13.3 Å². The maximum atomic E-state index is 13.9. The summed E-state index contributed by atoms with van der Waals surface area (Å²) in [5.74, 6) is 0.434. The van der Waals surface area contributed by atoms with Crippen LogP contribution in [0.2, 0.25) is 0 Å². The summed E-state index contributed by atoms with van der Waals surface area (Å²) in [5.41, 5.74) is 0.740. The Morgan fingerprint density at radius 2 is 2.11 bits per heavy atom. The molecule has 3 rings (SSSR count). The predicted octanol–water partition coefficient (Wildman–Crippen LogP) is 1.99. The molecule has 3 N–H and O–H groups in total. The average molecular weight is 384 g/mol. The second-order valence-corrected chi connectivity index (χ2v) is 6.49. The molecular weight excluding hydrogens is 359 g/mol. The molecule has 1 aromatic carbocycles. The molecule has 2 aromatic rings. The second-order valence-electron chi connectivity index (χ2n) is 6.49. The Bertz CT molecular complexity index is 813. The molecule has 1 saturated heterocycles. The van der Waals surface area contributed by atoms with Gasteiger partial charge in [-0.1, -0.05) is 18.2 Å². The van der Waals surface area contributed by atoms with Gasteiger partial charge in [0.2, 0.25) is 5.91 Å². The monoisotopic (exact) mass is 384 g/mol. The van der Waals surface area contributed by atoms with Gasteiger partial charge in [0.25, 0.3) is 0 Å². The molecule has 0 aliphatic carbocycles. The summed E-state index contributed by atoms with van der Waals surface area (Å²) in [4.78, 5) is 22.5. The SMILES string of the molecule is CCNC(=NCC(=O)Nc1ccccc1)NC1CCN(c2ncccc2F)C1. The highest BCUT2D eigenvalue weighted by atomic mass is 19.1. The summed E-state index contributed by atoms with van der Waals surface area (Å²) in [6, 6.07) is 12.4. The van der Waals surface area contributed by atoms with Crippen molar-refractivity contribution in [3.8, 4) is 0 Å². The number of aliphatic imine (C=N–C) groups is 1. The standard InChI is InChI=1S/C20H25FN6O/c1-2-22-20(24-13-18(28)25-15-7-4-3-5-8-15)26-16-10-12-27(14-16)19-17(21)9-6-11-23-19/h3-9,11,16H,2,10,12-14H2,1H3,(H,25,28)(H2,22,24,26). The van der Waals surface area contributed by atoms with Gasteiger partial charge in [0, 0.05) is 37.6 Å². The van der Waals surface area contributed by atoms with E-state index < -0.39 is 0 Å². The van der Waals surface area contributed by atoms with Crippen LogP contribution in [0.4, 0.5) is 15.9 Å². The maximum Gasteiger partial charge on any atom is 0.246 e. The summed E-state index contributed by atoms with van der Waals surface area (Å²) in [7, 11) is 0. The van der Waals surface area contributed by atoms with Gasteiger partial charge in [-0.05, 0) is 37.6 Å². The molecule has 0 spiro atoms. The van der Waals surface area contributed by atoms with E-state index in [1.807, 2.05) is 42.2 Å². The van der Waals surface area contributed by atoms with Crippen LogP contribution in [0.15, 0.2) is 53.7 Å². The van der Waals surface area contributed by atoms with Gasteiger partial charge in [-0.15, -0.1) is 0 Å². The van der Waals surface area contributed by atoms with Crippen LogP contribution in [0.5, 0.6) is 0 Å². The van der Waals surface area contributed by atoms with E-state index in [1.165, 1.54) is 6.07 Å². The van der Waals surface area contributed by atoms with E-state index in [1.54, 1.807) is 12.3 Å². The van der Waals surface area contributed by atoms with Crippen LogP contribution in [0.3, 0.4) is 0 Å². The largest absolute Gasteiger partial charge is 0.357 e. The van der Waals surface area contributed by atoms with Gasteiger partial charge >= 0.3 is 0 Å². The molecule has 1 aliphatic rings. The molecule has 0 saturated carbocycles. The summed E-state index contributed by atoms with van der Waals surface area (Å²) in [5, 5.41) is 9.28. The first kappa shape index (κ1) is 19.6. The number of rotatable bonds is 6. The number of carbonyl (C=O) groups is 1. The van der Waals surface area contributed by atoms with Crippen LogP contribution in [-0.4, -0.2) is 49.1 Å². The zero-order chi connectivity index (χ0) is 19.8. The molecule has 7 nitrogen and oxygen atoms in total. The molecule has 1 amide bonds. The van der Waals surface area contributed by atoms with E-state index in [4.69, 9.17) is 0 Å². The number of halogens is 1. The van der Waals surface area contributed by atoms with E-state index in [0.29, 0.717) is 31.4 Å². The van der Waals surface area contributed by atoms with Gasteiger partial charge in [-0.3, -0.25) is 4.79 Å². The lowest BCUT2D eigenvalue weighted by atomic mass is 10.3. The van der Waals surface area contributed by atoms with E-state index in [0.717, 1.165) is 12.1 Å². The van der Waals surface area contributed by atoms with Gasteiger partial charge in [-0.2, -0.15) is 0 Å². The Morgan fingerprint density at radius 3 is 2.86 bits per heavy atom. The fourth-order valence-corrected chi connectivity index (χ4v) is 3.07. The Balaban J connectivity index is 1.55. The summed E-state index contributed by atoms with van der Waals surface area (Å²) < 4.78 is 13.9. The lowest BCUT2D eigenvalue weighted by Gasteiger charge is -2.19. The highest BCUT2D eigenvalue weighted by Crippen LogP contribution is 2.20. The van der Waals surface area contributed by atoms with E-state index in [-0.39, 0.29) is 24.3 Å². The molecule has 8 heteroatoms. The van der Waals surface area contributed by atoms with Crippen molar-refractivity contribution in [1.29, 1.82) is 0 Å². The third-order valence-electron chi connectivity index (χ3n) is 4.35. The minimum atomic E-state index is -0.318. The number of pyridine rings is 1. The van der Waals surface area contributed by atoms with Crippen LogP contribution < -0.4 is 20.9 Å². The first-order valence-corrected chi connectivity index (χ1v) is 9.41. The minimum absolute atomic E-state index is 0.00946. The zero-order valence-electron chi connectivity index (χ0n) is 15.9. The molecule has 148 valence electrons. The molecule has 28 heavy (non-hydrogen) atoms. The van der Waals surface area contributed by atoms with Gasteiger partial charge in [0.05, 0.1) is 0 Å². The fourth-order valence-electron chi connectivity index (χ4n) is 3.07. The van der Waals surface area contributed by atoms with E-state index in [9.17, 15) is 9.18 Å². The molecule has 0 bridgehead atoms. The minimum Gasteiger partial charge on any atom is -0.357 e. The Morgan fingerprint density at radius 1 is 1.29 bits per heavy atom. The van der Waals surface area contributed by atoms with Crippen molar-refractivity contribution in [2.75, 3.05) is 36.4 Å². The average Bonchev–Trinajstić information content (AvgIpc) is 3.16. The molecule has 1 unspecified atom stereocenters. The number of aromatic nitrogens is 1. The Kier molecular flexibility index (Phi) is 6.78. The molecular formula is C20H25FN6O. The first-order chi connectivity index (χ1) is 13.7. The van der Waals surface area contributed by atoms with Crippen molar-refractivity contribution in [2.45, 2.75) is 19.4 Å². The van der Waals surface area contributed by atoms with E-state index in [2.05, 4.69) is 25.9 Å². The van der Waals surface area contributed by atoms with Gasteiger partial charge in [0.15, 0.2) is 17.6 Å². The molecule has 1 aliphatic heterocycles. The normalized spacial score (nSPS) is 16.7. The molecule has 0 radical (unpaired) electrons. The van der Waals surface area contributed by atoms with Crippen LogP contribution in [0, 0.1) is 5.82 Å². The van der Waals surface area contributed by atoms with Gasteiger partial charge < -0.3 is 20.9 Å². The van der Waals surface area contributed by atoms with Crippen LogP contribution in [0.25, 0.3) is 0 Å². The summed E-state index contributed by atoms with van der Waals surface area (Å²) in [6.45, 7) is 3.98. The third kappa shape index (κ3) is 5.42. The number of nitrogens with one attached hydrogen (secondary N) is 3. The lowest BCUT2D eigenvalue weighted by Crippen LogP contribution is -2.45. The summed E-state index contributed by atoms with van der Waals surface area (Å²) >= 11 is 0. The van der Waals surface area contributed by atoms with Crippen molar-refractivity contribution in [3.05, 3.63) is 54.5 Å². The number of para-hydroxylation sites is 1. The quantitative estimate of drug-likeness (QED) is 0.524. The van der Waals surface area contributed by atoms with Gasteiger partial charge in [-0.25, -0.2) is 14.4 Å². The highest BCUT2D eigenvalue weighted by Gasteiger charge is 2.25. The van der Waals surface area contributed by atoms with Crippen molar-refractivity contribution in [1.82, 2.24) is 15.6 Å².